The van der Waals surface area contributed by atoms with Crippen molar-refractivity contribution in [3.05, 3.63) is 12.2 Å². The molecule has 3 aliphatic rings. The van der Waals surface area contributed by atoms with Crippen LogP contribution in [0.1, 0.15) is 34.1 Å². The monoisotopic (exact) mass is 238 g/mol. The normalized spacial score (nSPS) is 31.3. The van der Waals surface area contributed by atoms with Crippen molar-refractivity contribution in [2.24, 2.45) is 17.3 Å². The molecule has 0 spiro atoms. The molecule has 3 aliphatic carbocycles. The van der Waals surface area contributed by atoms with E-state index in [1.54, 1.807) is 6.08 Å². The van der Waals surface area contributed by atoms with Gasteiger partial charge in [-0.2, -0.15) is 0 Å². The van der Waals surface area contributed by atoms with Crippen LogP contribution >= 0.6 is 0 Å². The molecule has 1 fully saturated rings. The number of hydrogen-bond donors (Lipinski definition) is 0. The van der Waals surface area contributed by atoms with Gasteiger partial charge in [0, 0.05) is 19.8 Å². The zero-order chi connectivity index (χ0) is 12.8. The van der Waals surface area contributed by atoms with Gasteiger partial charge in [0.2, 0.25) is 0 Å². The van der Waals surface area contributed by atoms with E-state index >= 15 is 0 Å². The van der Waals surface area contributed by atoms with Crippen molar-refractivity contribution in [1.29, 1.82) is 0 Å². The zero-order valence-electron chi connectivity index (χ0n) is 10.6. The number of carbonyl (C=O) groups is 2. The van der Waals surface area contributed by atoms with Crippen molar-refractivity contribution < 1.29 is 19.1 Å². The molecule has 2 atom stereocenters. The summed E-state index contributed by atoms with van der Waals surface area (Å²) in [5.74, 6) is -1.55. The Morgan fingerprint density at radius 3 is 2.06 bits per heavy atom. The summed E-state index contributed by atoms with van der Waals surface area (Å²) in [5, 5.41) is 0. The van der Waals surface area contributed by atoms with Gasteiger partial charge in [0.1, 0.15) is 0 Å². The first-order valence-corrected chi connectivity index (χ1v) is 5.86. The molecule has 0 amide bonds. The zero-order valence-corrected chi connectivity index (χ0v) is 10.6. The van der Waals surface area contributed by atoms with Gasteiger partial charge in [-0.25, -0.2) is 0 Å². The second kappa shape index (κ2) is 3.59. The minimum atomic E-state index is -1.20. The summed E-state index contributed by atoms with van der Waals surface area (Å²) in [5.41, 5.74) is -0.000347. The van der Waals surface area contributed by atoms with Crippen LogP contribution < -0.4 is 0 Å². The highest BCUT2D eigenvalue weighted by Gasteiger charge is 2.62. The second-order valence-corrected chi connectivity index (χ2v) is 5.48. The van der Waals surface area contributed by atoms with Crippen LogP contribution in [0.15, 0.2) is 12.2 Å². The van der Waals surface area contributed by atoms with E-state index in [1.807, 2.05) is 6.08 Å². The third kappa shape index (κ3) is 1.75. The molecular weight excluding hydrogens is 220 g/mol. The molecule has 2 bridgehead atoms. The fraction of sp³-hybridized carbons (Fsp3) is 0.692. The maximum absolute atomic E-state index is 11.2. The minimum absolute atomic E-state index is 0.000347. The van der Waals surface area contributed by atoms with Crippen LogP contribution in [0, 0.1) is 17.3 Å². The first-order valence-electron chi connectivity index (χ1n) is 5.86. The van der Waals surface area contributed by atoms with Crippen molar-refractivity contribution in [2.45, 2.75) is 39.9 Å². The average molecular weight is 238 g/mol. The summed E-state index contributed by atoms with van der Waals surface area (Å²) in [6.07, 6.45) is 4.61. The Bertz CT molecular complexity index is 378. The predicted molar refractivity (Wildman–Crippen MR) is 60.8 cm³/mol. The van der Waals surface area contributed by atoms with Crippen molar-refractivity contribution in [1.82, 2.24) is 0 Å². The lowest BCUT2D eigenvalue weighted by molar-refractivity contribution is -0.267. The Hall–Kier alpha value is -1.32. The van der Waals surface area contributed by atoms with Crippen molar-refractivity contribution in [3.63, 3.8) is 0 Å². The number of hydrogen-bond acceptors (Lipinski definition) is 4. The van der Waals surface area contributed by atoms with Crippen LogP contribution in [-0.4, -0.2) is 17.7 Å². The molecule has 0 aliphatic heterocycles. The molecule has 0 N–H and O–H groups in total. The van der Waals surface area contributed by atoms with Gasteiger partial charge < -0.3 is 9.47 Å². The third-order valence-electron chi connectivity index (χ3n) is 4.00. The largest absolute Gasteiger partial charge is 0.418 e. The number of allylic oxidation sites excluding steroid dienone is 1. The van der Waals surface area contributed by atoms with E-state index < -0.39 is 17.7 Å². The Morgan fingerprint density at radius 2 is 1.71 bits per heavy atom. The molecule has 1 saturated carbocycles. The van der Waals surface area contributed by atoms with Crippen LogP contribution in [0.3, 0.4) is 0 Å². The van der Waals surface area contributed by atoms with Gasteiger partial charge in [-0.05, 0) is 23.8 Å². The number of fused-ring (bicyclic) bond motifs is 1. The SMILES string of the molecule is CC(=O)OC1(OC(C)=O)C=CC2C[C@@H]1C2(C)C. The van der Waals surface area contributed by atoms with E-state index in [1.165, 1.54) is 13.8 Å². The minimum Gasteiger partial charge on any atom is -0.418 e. The van der Waals surface area contributed by atoms with Gasteiger partial charge in [-0.15, -0.1) is 0 Å². The summed E-state index contributed by atoms with van der Waals surface area (Å²) in [4.78, 5) is 22.5. The number of esters is 2. The van der Waals surface area contributed by atoms with E-state index in [0.29, 0.717) is 5.92 Å². The molecule has 0 heterocycles. The number of carbonyl (C=O) groups excluding carboxylic acids is 2. The number of rotatable bonds is 2. The highest BCUT2D eigenvalue weighted by Crippen LogP contribution is 2.61. The van der Waals surface area contributed by atoms with Crippen molar-refractivity contribution in [3.8, 4) is 0 Å². The van der Waals surface area contributed by atoms with E-state index in [2.05, 4.69) is 13.8 Å². The first-order chi connectivity index (χ1) is 7.78. The maximum Gasteiger partial charge on any atom is 0.306 e. The Morgan fingerprint density at radius 1 is 1.18 bits per heavy atom. The summed E-state index contributed by atoms with van der Waals surface area (Å²) in [6.45, 7) is 6.88. The van der Waals surface area contributed by atoms with Gasteiger partial charge in [0.25, 0.3) is 5.79 Å². The molecule has 0 saturated heterocycles. The lowest BCUT2D eigenvalue weighted by Crippen LogP contribution is -2.61. The topological polar surface area (TPSA) is 52.6 Å². The lowest BCUT2D eigenvalue weighted by atomic mass is 9.49. The summed E-state index contributed by atoms with van der Waals surface area (Å²) >= 11 is 0. The van der Waals surface area contributed by atoms with E-state index in [9.17, 15) is 9.59 Å². The van der Waals surface area contributed by atoms with Crippen LogP contribution in [0.5, 0.6) is 0 Å². The van der Waals surface area contributed by atoms with Gasteiger partial charge in [-0.1, -0.05) is 19.9 Å². The maximum atomic E-state index is 11.2. The van der Waals surface area contributed by atoms with E-state index in [4.69, 9.17) is 9.47 Å². The lowest BCUT2D eigenvalue weighted by Gasteiger charge is -2.59. The average Bonchev–Trinajstić information content (AvgIpc) is 2.14. The molecule has 0 aromatic rings. The first kappa shape index (κ1) is 12.1. The van der Waals surface area contributed by atoms with Crippen molar-refractivity contribution in [2.75, 3.05) is 0 Å². The van der Waals surface area contributed by atoms with E-state index in [0.717, 1.165) is 6.42 Å². The molecule has 0 aromatic carbocycles. The smallest absolute Gasteiger partial charge is 0.306 e. The molecule has 94 valence electrons. The Kier molecular flexibility index (Phi) is 2.56. The molecule has 4 nitrogen and oxygen atoms in total. The van der Waals surface area contributed by atoms with Gasteiger partial charge in [-0.3, -0.25) is 9.59 Å². The quantitative estimate of drug-likeness (QED) is 0.419. The highest BCUT2D eigenvalue weighted by atomic mass is 16.7. The highest BCUT2D eigenvalue weighted by molar-refractivity contribution is 5.69. The summed E-state index contributed by atoms with van der Waals surface area (Å²) < 4.78 is 10.6. The third-order valence-corrected chi connectivity index (χ3v) is 4.00. The van der Waals surface area contributed by atoms with Crippen LogP contribution in [0.4, 0.5) is 0 Å². The van der Waals surface area contributed by atoms with Crippen LogP contribution in [0.25, 0.3) is 0 Å². The van der Waals surface area contributed by atoms with Crippen LogP contribution in [-0.2, 0) is 19.1 Å². The predicted octanol–water partition coefficient (Wildman–Crippen LogP) is 2.04. The molecule has 17 heavy (non-hydrogen) atoms. The second-order valence-electron chi connectivity index (χ2n) is 5.48. The Labute approximate surface area is 101 Å². The van der Waals surface area contributed by atoms with Crippen LogP contribution in [0.2, 0.25) is 0 Å². The molecule has 0 radical (unpaired) electrons. The standard InChI is InChI=1S/C13H18O4/c1-8(14)16-13(17-9(2)15)6-5-10-7-11(13)12(10,3)4/h5-6,10-11H,7H2,1-4H3/t10?,11-/m1/s1. The molecule has 4 heteroatoms. The molecule has 1 unspecified atom stereocenters. The molecule has 0 aromatic heterocycles. The van der Waals surface area contributed by atoms with E-state index in [-0.39, 0.29) is 11.3 Å². The van der Waals surface area contributed by atoms with Gasteiger partial charge >= 0.3 is 11.9 Å². The number of ether oxygens (including phenoxy) is 2. The van der Waals surface area contributed by atoms with Gasteiger partial charge in [0.05, 0.1) is 0 Å². The van der Waals surface area contributed by atoms with Crippen molar-refractivity contribution >= 4 is 11.9 Å². The Balaban J connectivity index is 2.34. The molecular formula is C13H18O4. The fourth-order valence-electron chi connectivity index (χ4n) is 3.02. The van der Waals surface area contributed by atoms with Gasteiger partial charge in [0.15, 0.2) is 0 Å². The fourth-order valence-corrected chi connectivity index (χ4v) is 3.02. The molecule has 3 rings (SSSR count). The summed E-state index contributed by atoms with van der Waals surface area (Å²) in [6, 6.07) is 0. The summed E-state index contributed by atoms with van der Waals surface area (Å²) in [7, 11) is 0.